The van der Waals surface area contributed by atoms with Crippen LogP contribution in [0.2, 0.25) is 10.0 Å². The largest absolute Gasteiger partial charge is 0.488 e. The van der Waals surface area contributed by atoms with Crippen LogP contribution in [0.15, 0.2) is 72.3 Å². The topological polar surface area (TPSA) is 99.4 Å². The van der Waals surface area contributed by atoms with E-state index in [0.29, 0.717) is 27.0 Å². The number of nitrogens with one attached hydrogen (secondary N) is 1. The molecule has 3 rings (SSSR count). The van der Waals surface area contributed by atoms with E-state index in [1.807, 2.05) is 6.07 Å². The molecule has 6 nitrogen and oxygen atoms in total. The summed E-state index contributed by atoms with van der Waals surface area (Å²) in [7, 11) is 0. The molecule has 2 N–H and O–H groups in total. The van der Waals surface area contributed by atoms with Crippen LogP contribution in [0.4, 0.5) is 5.69 Å². The number of carboxylic acids is 1. The summed E-state index contributed by atoms with van der Waals surface area (Å²) in [5.74, 6) is -1.24. The summed E-state index contributed by atoms with van der Waals surface area (Å²) in [5.41, 5.74) is 1.57. The van der Waals surface area contributed by atoms with Crippen molar-refractivity contribution in [1.82, 2.24) is 0 Å². The van der Waals surface area contributed by atoms with Crippen LogP contribution in [0.5, 0.6) is 5.75 Å². The normalized spacial score (nSPS) is 10.8. The number of ether oxygens (including phenoxy) is 1. The van der Waals surface area contributed by atoms with Gasteiger partial charge in [0, 0.05) is 10.6 Å². The number of amides is 1. The average Bonchev–Trinajstić information content (AvgIpc) is 2.78. The first-order valence-corrected chi connectivity index (χ1v) is 10.0. The van der Waals surface area contributed by atoms with Gasteiger partial charge >= 0.3 is 5.97 Å². The number of benzene rings is 3. The zero-order valence-electron chi connectivity index (χ0n) is 16.5. The van der Waals surface area contributed by atoms with Crippen molar-refractivity contribution in [1.29, 1.82) is 5.26 Å². The Bertz CT molecular complexity index is 1230. The molecule has 8 heteroatoms. The van der Waals surface area contributed by atoms with E-state index in [4.69, 9.17) is 33.0 Å². The Hall–Kier alpha value is -3.79. The predicted molar refractivity (Wildman–Crippen MR) is 123 cm³/mol. The molecule has 0 unspecified atom stereocenters. The second-order valence-corrected chi connectivity index (χ2v) is 7.42. The van der Waals surface area contributed by atoms with Crippen LogP contribution in [0.1, 0.15) is 21.5 Å². The van der Waals surface area contributed by atoms with Crippen LogP contribution < -0.4 is 10.1 Å². The summed E-state index contributed by atoms with van der Waals surface area (Å²) in [5, 5.41) is 21.9. The molecule has 3 aromatic carbocycles. The lowest BCUT2D eigenvalue weighted by molar-refractivity contribution is -0.112. The lowest BCUT2D eigenvalue weighted by atomic mass is 10.1. The van der Waals surface area contributed by atoms with Crippen molar-refractivity contribution in [3.05, 3.63) is 99.0 Å². The molecule has 0 aromatic heterocycles. The summed E-state index contributed by atoms with van der Waals surface area (Å²) in [6.07, 6.45) is 1.38. The predicted octanol–water partition coefficient (Wildman–Crippen LogP) is 5.82. The van der Waals surface area contributed by atoms with Gasteiger partial charge in [-0.15, -0.1) is 0 Å². The Labute approximate surface area is 194 Å². The number of para-hydroxylation sites is 1. The highest BCUT2D eigenvalue weighted by atomic mass is 35.5. The molecule has 0 aliphatic rings. The molecule has 0 atom stereocenters. The minimum Gasteiger partial charge on any atom is -0.488 e. The number of halogens is 2. The highest BCUT2D eigenvalue weighted by Crippen LogP contribution is 2.27. The molecule has 0 heterocycles. The molecule has 0 fully saturated rings. The number of nitrogens with zero attached hydrogens (tertiary/aromatic N) is 1. The maximum absolute atomic E-state index is 12.6. The van der Waals surface area contributed by atoms with Gasteiger partial charge in [-0.25, -0.2) is 4.79 Å². The molecule has 3 aromatic rings. The van der Waals surface area contributed by atoms with Gasteiger partial charge in [0.2, 0.25) is 0 Å². The van der Waals surface area contributed by atoms with Gasteiger partial charge in [-0.2, -0.15) is 5.26 Å². The molecule has 32 heavy (non-hydrogen) atoms. The molecule has 0 spiro atoms. The van der Waals surface area contributed by atoms with Crippen molar-refractivity contribution < 1.29 is 19.4 Å². The molecular weight excluding hydrogens is 451 g/mol. The van der Waals surface area contributed by atoms with E-state index < -0.39 is 11.9 Å². The number of nitriles is 1. The third-order valence-electron chi connectivity index (χ3n) is 4.35. The molecule has 0 bridgehead atoms. The highest BCUT2D eigenvalue weighted by molar-refractivity contribution is 6.34. The maximum Gasteiger partial charge on any atom is 0.335 e. The Balaban J connectivity index is 1.81. The van der Waals surface area contributed by atoms with Crippen molar-refractivity contribution in [3.8, 4) is 11.8 Å². The van der Waals surface area contributed by atoms with Gasteiger partial charge in [-0.3, -0.25) is 4.79 Å². The monoisotopic (exact) mass is 466 g/mol. The smallest absolute Gasteiger partial charge is 0.335 e. The maximum atomic E-state index is 12.6. The van der Waals surface area contributed by atoms with E-state index >= 15 is 0 Å². The van der Waals surface area contributed by atoms with Gasteiger partial charge in [0.25, 0.3) is 5.91 Å². The summed E-state index contributed by atoms with van der Waals surface area (Å²) in [4.78, 5) is 23.6. The number of anilines is 1. The fraction of sp³-hybridized carbons (Fsp3) is 0.0417. The number of carbonyl (C=O) groups excluding carboxylic acids is 1. The van der Waals surface area contributed by atoms with E-state index in [1.165, 1.54) is 18.2 Å². The van der Waals surface area contributed by atoms with E-state index in [0.717, 1.165) is 5.56 Å². The molecule has 1 amide bonds. The number of carboxylic acid groups (broad SMARTS) is 1. The highest BCUT2D eigenvalue weighted by Gasteiger charge is 2.13. The second-order valence-electron chi connectivity index (χ2n) is 6.58. The zero-order valence-corrected chi connectivity index (χ0v) is 18.0. The second kappa shape index (κ2) is 10.5. The number of aromatic carboxylic acids is 1. The summed E-state index contributed by atoms with van der Waals surface area (Å²) in [6.45, 7) is 0.149. The van der Waals surface area contributed by atoms with Crippen LogP contribution in [-0.4, -0.2) is 17.0 Å². The van der Waals surface area contributed by atoms with Gasteiger partial charge in [0.1, 0.15) is 24.0 Å². The average molecular weight is 467 g/mol. The molecule has 0 saturated heterocycles. The van der Waals surface area contributed by atoms with Crippen molar-refractivity contribution in [2.75, 3.05) is 5.32 Å². The van der Waals surface area contributed by atoms with Gasteiger partial charge in [0.05, 0.1) is 16.3 Å². The summed E-state index contributed by atoms with van der Waals surface area (Å²) < 4.78 is 5.83. The fourth-order valence-corrected chi connectivity index (χ4v) is 3.09. The molecule has 0 radical (unpaired) electrons. The quantitative estimate of drug-likeness (QED) is 0.337. The number of hydrogen-bond donors (Lipinski definition) is 2. The number of carbonyl (C=O) groups is 2. The molecule has 0 aliphatic heterocycles. The molecular formula is C24H16Cl2N2O4. The SMILES string of the molecule is N#C/C(=C\c1cc(Cl)ccc1OCc1ccc(C(=O)O)cc1)C(=O)Nc1ccccc1Cl. The van der Waals surface area contributed by atoms with Crippen molar-refractivity contribution in [3.63, 3.8) is 0 Å². The first-order chi connectivity index (χ1) is 15.4. The lowest BCUT2D eigenvalue weighted by Crippen LogP contribution is -2.13. The van der Waals surface area contributed by atoms with E-state index in [1.54, 1.807) is 54.6 Å². The third kappa shape index (κ3) is 5.88. The van der Waals surface area contributed by atoms with Crippen LogP contribution >= 0.6 is 23.2 Å². The van der Waals surface area contributed by atoms with Crippen LogP contribution in [0, 0.1) is 11.3 Å². The van der Waals surface area contributed by atoms with E-state index in [-0.39, 0.29) is 17.7 Å². The van der Waals surface area contributed by atoms with Gasteiger partial charge in [-0.1, -0.05) is 47.5 Å². The summed E-state index contributed by atoms with van der Waals surface area (Å²) >= 11 is 12.2. The van der Waals surface area contributed by atoms with Crippen LogP contribution in [0.25, 0.3) is 6.08 Å². The van der Waals surface area contributed by atoms with E-state index in [9.17, 15) is 14.9 Å². The minimum atomic E-state index is -1.01. The Morgan fingerprint density at radius 1 is 1.06 bits per heavy atom. The number of hydrogen-bond acceptors (Lipinski definition) is 4. The number of rotatable bonds is 7. The first kappa shape index (κ1) is 22.9. The Kier molecular flexibility index (Phi) is 7.50. The van der Waals surface area contributed by atoms with Gasteiger partial charge < -0.3 is 15.2 Å². The van der Waals surface area contributed by atoms with Gasteiger partial charge in [-0.05, 0) is 54.1 Å². The van der Waals surface area contributed by atoms with Crippen molar-refractivity contribution in [2.45, 2.75) is 6.61 Å². The minimum absolute atomic E-state index is 0.149. The molecule has 160 valence electrons. The standard InChI is InChI=1S/C24H16Cl2N2O4/c25-19-9-10-22(32-14-15-5-7-16(8-6-15)24(30)31)17(12-19)11-18(13-27)23(29)28-21-4-2-1-3-20(21)26/h1-12H,14H2,(H,28,29)(H,30,31)/b18-11+. The van der Waals surface area contributed by atoms with Crippen LogP contribution in [0.3, 0.4) is 0 Å². The van der Waals surface area contributed by atoms with E-state index in [2.05, 4.69) is 5.32 Å². The zero-order chi connectivity index (χ0) is 23.1. The third-order valence-corrected chi connectivity index (χ3v) is 4.92. The molecule has 0 saturated carbocycles. The van der Waals surface area contributed by atoms with Crippen LogP contribution in [-0.2, 0) is 11.4 Å². The fourth-order valence-electron chi connectivity index (χ4n) is 2.72. The molecule has 0 aliphatic carbocycles. The van der Waals surface area contributed by atoms with Crippen molar-refractivity contribution >= 4 is 46.8 Å². The van der Waals surface area contributed by atoms with Crippen molar-refractivity contribution in [2.24, 2.45) is 0 Å². The Morgan fingerprint density at radius 2 is 1.78 bits per heavy atom. The van der Waals surface area contributed by atoms with Gasteiger partial charge in [0.15, 0.2) is 0 Å². The first-order valence-electron chi connectivity index (χ1n) is 9.29. The summed E-state index contributed by atoms with van der Waals surface area (Å²) in [6, 6.07) is 19.6. The Morgan fingerprint density at radius 3 is 2.44 bits per heavy atom. The lowest BCUT2D eigenvalue weighted by Gasteiger charge is -2.11.